The number of carbonyl (C=O) groups excluding carboxylic acids is 1. The van der Waals surface area contributed by atoms with E-state index in [4.69, 9.17) is 4.74 Å². The van der Waals surface area contributed by atoms with Gasteiger partial charge in [-0.15, -0.1) is 0 Å². The molecule has 0 aliphatic rings. The molecule has 4 nitrogen and oxygen atoms in total. The molecule has 84 valence electrons. The molecular formula is C10H22N2O2. The van der Waals surface area contributed by atoms with Crippen LogP contribution in [0.15, 0.2) is 0 Å². The predicted molar refractivity (Wildman–Crippen MR) is 56.9 cm³/mol. The van der Waals surface area contributed by atoms with Crippen LogP contribution >= 0.6 is 0 Å². The third-order valence-corrected chi connectivity index (χ3v) is 1.81. The Labute approximate surface area is 86.8 Å². The van der Waals surface area contributed by atoms with Gasteiger partial charge in [-0.3, -0.25) is 0 Å². The van der Waals surface area contributed by atoms with Gasteiger partial charge in [0.1, 0.15) is 5.60 Å². The number of ether oxygens (including phenoxy) is 1. The molecule has 0 aromatic rings. The second-order valence-corrected chi connectivity index (χ2v) is 4.14. The van der Waals surface area contributed by atoms with Crippen molar-refractivity contribution in [2.45, 2.75) is 40.2 Å². The van der Waals surface area contributed by atoms with Crippen LogP contribution in [0.4, 0.5) is 4.79 Å². The van der Waals surface area contributed by atoms with Crippen LogP contribution < -0.4 is 0 Å². The molecule has 0 atom stereocenters. The lowest BCUT2D eigenvalue weighted by atomic mass is 10.2. The average Bonchev–Trinajstić information content (AvgIpc) is 2.03. The van der Waals surface area contributed by atoms with Gasteiger partial charge < -0.3 is 4.74 Å². The number of hydrogen-bond donors (Lipinski definition) is 0. The molecule has 0 bridgehead atoms. The number of carbonyl (C=O) groups is 1. The van der Waals surface area contributed by atoms with E-state index in [-0.39, 0.29) is 6.09 Å². The van der Waals surface area contributed by atoms with E-state index in [2.05, 4.69) is 0 Å². The Morgan fingerprint density at radius 1 is 1.21 bits per heavy atom. The van der Waals surface area contributed by atoms with E-state index in [1.165, 1.54) is 5.01 Å². The maximum Gasteiger partial charge on any atom is 0.424 e. The summed E-state index contributed by atoms with van der Waals surface area (Å²) in [6.45, 7) is 11.2. The number of hydrazine groups is 1. The van der Waals surface area contributed by atoms with E-state index in [0.717, 1.165) is 13.1 Å². The molecule has 0 aliphatic heterocycles. The summed E-state index contributed by atoms with van der Waals surface area (Å²) in [5.41, 5.74) is -0.432. The zero-order valence-corrected chi connectivity index (χ0v) is 10.1. The molecule has 0 radical (unpaired) electrons. The summed E-state index contributed by atoms with van der Waals surface area (Å²) < 4.78 is 5.23. The molecule has 0 aromatic heterocycles. The Balaban J connectivity index is 4.24. The first-order valence-electron chi connectivity index (χ1n) is 5.03. The first-order chi connectivity index (χ1) is 6.31. The van der Waals surface area contributed by atoms with Crippen LogP contribution in [0.5, 0.6) is 0 Å². The fourth-order valence-corrected chi connectivity index (χ4v) is 1.09. The summed E-state index contributed by atoms with van der Waals surface area (Å²) in [6, 6.07) is 0. The van der Waals surface area contributed by atoms with Crippen molar-refractivity contribution in [2.24, 2.45) is 0 Å². The van der Waals surface area contributed by atoms with E-state index in [1.54, 1.807) is 7.05 Å². The Morgan fingerprint density at radius 3 is 1.93 bits per heavy atom. The molecule has 0 aromatic carbocycles. The third kappa shape index (κ3) is 4.46. The predicted octanol–water partition coefficient (Wildman–Crippen LogP) is 2.11. The van der Waals surface area contributed by atoms with Crippen LogP contribution in [0.1, 0.15) is 34.6 Å². The monoisotopic (exact) mass is 202 g/mol. The lowest BCUT2D eigenvalue weighted by Gasteiger charge is -2.31. The van der Waals surface area contributed by atoms with E-state index in [0.29, 0.717) is 0 Å². The van der Waals surface area contributed by atoms with E-state index in [9.17, 15) is 4.79 Å². The molecule has 0 rings (SSSR count). The number of hydrogen-bond acceptors (Lipinski definition) is 3. The second kappa shape index (κ2) is 5.20. The van der Waals surface area contributed by atoms with Crippen molar-refractivity contribution in [3.63, 3.8) is 0 Å². The molecule has 0 saturated heterocycles. The standard InChI is InChI=1S/C10H22N2O2/c1-7-12(8-2)11(6)9(13)14-10(3,4)5/h7-8H2,1-6H3. The van der Waals surface area contributed by atoms with Crippen molar-refractivity contribution in [3.05, 3.63) is 0 Å². The largest absolute Gasteiger partial charge is 0.443 e. The SMILES string of the molecule is CCN(CC)N(C)C(=O)OC(C)(C)C. The topological polar surface area (TPSA) is 32.8 Å². The van der Waals surface area contributed by atoms with E-state index >= 15 is 0 Å². The zero-order valence-electron chi connectivity index (χ0n) is 10.1. The molecule has 0 saturated carbocycles. The molecule has 4 heteroatoms. The lowest BCUT2D eigenvalue weighted by Crippen LogP contribution is -2.45. The van der Waals surface area contributed by atoms with E-state index in [1.807, 2.05) is 39.6 Å². The van der Waals surface area contributed by atoms with Crippen molar-refractivity contribution >= 4 is 6.09 Å². The summed E-state index contributed by atoms with van der Waals surface area (Å²) >= 11 is 0. The Bertz CT molecular complexity index is 183. The van der Waals surface area contributed by atoms with Gasteiger partial charge in [0.25, 0.3) is 0 Å². The molecule has 0 aliphatic carbocycles. The number of nitrogens with zero attached hydrogens (tertiary/aromatic N) is 2. The van der Waals surface area contributed by atoms with Crippen molar-refractivity contribution in [1.82, 2.24) is 10.0 Å². The van der Waals surface area contributed by atoms with Crippen LogP contribution in [0, 0.1) is 0 Å². The van der Waals surface area contributed by atoms with Crippen LogP contribution in [-0.2, 0) is 4.74 Å². The minimum Gasteiger partial charge on any atom is -0.443 e. The number of rotatable bonds is 3. The highest BCUT2D eigenvalue weighted by atomic mass is 16.6. The van der Waals surface area contributed by atoms with Gasteiger partial charge in [0.05, 0.1) is 0 Å². The molecule has 0 N–H and O–H groups in total. The van der Waals surface area contributed by atoms with Gasteiger partial charge in [-0.25, -0.2) is 14.8 Å². The van der Waals surface area contributed by atoms with Gasteiger partial charge in [0.15, 0.2) is 0 Å². The van der Waals surface area contributed by atoms with Gasteiger partial charge in [0.2, 0.25) is 0 Å². The maximum atomic E-state index is 11.6. The van der Waals surface area contributed by atoms with Crippen LogP contribution in [0.3, 0.4) is 0 Å². The van der Waals surface area contributed by atoms with Crippen molar-refractivity contribution in [3.8, 4) is 0 Å². The smallest absolute Gasteiger partial charge is 0.424 e. The Hall–Kier alpha value is -0.770. The van der Waals surface area contributed by atoms with Crippen molar-refractivity contribution in [2.75, 3.05) is 20.1 Å². The summed E-state index contributed by atoms with van der Waals surface area (Å²) in [7, 11) is 1.72. The highest BCUT2D eigenvalue weighted by Gasteiger charge is 2.22. The quantitative estimate of drug-likeness (QED) is 0.657. The molecule has 14 heavy (non-hydrogen) atoms. The summed E-state index contributed by atoms with van der Waals surface area (Å²) in [5, 5.41) is 3.43. The van der Waals surface area contributed by atoms with Gasteiger partial charge in [-0.05, 0) is 20.8 Å². The molecule has 0 unspecified atom stereocenters. The minimum absolute atomic E-state index is 0.304. The molecule has 0 spiro atoms. The fourth-order valence-electron chi connectivity index (χ4n) is 1.09. The summed E-state index contributed by atoms with van der Waals surface area (Å²) in [5.74, 6) is 0. The van der Waals surface area contributed by atoms with E-state index < -0.39 is 5.60 Å². The summed E-state index contributed by atoms with van der Waals surface area (Å²) in [6.07, 6.45) is -0.304. The molecular weight excluding hydrogens is 180 g/mol. The second-order valence-electron chi connectivity index (χ2n) is 4.14. The highest BCUT2D eigenvalue weighted by molar-refractivity contribution is 5.67. The summed E-state index contributed by atoms with van der Waals surface area (Å²) in [4.78, 5) is 11.6. The van der Waals surface area contributed by atoms with Gasteiger partial charge in [0, 0.05) is 20.1 Å². The third-order valence-electron chi connectivity index (χ3n) is 1.81. The zero-order chi connectivity index (χ0) is 11.4. The van der Waals surface area contributed by atoms with Crippen LogP contribution in [0.25, 0.3) is 0 Å². The number of amides is 1. The fraction of sp³-hybridized carbons (Fsp3) is 0.900. The van der Waals surface area contributed by atoms with Crippen molar-refractivity contribution in [1.29, 1.82) is 0 Å². The molecule has 0 heterocycles. The van der Waals surface area contributed by atoms with Gasteiger partial charge in [-0.1, -0.05) is 13.8 Å². The average molecular weight is 202 g/mol. The van der Waals surface area contributed by atoms with Gasteiger partial charge >= 0.3 is 6.09 Å². The van der Waals surface area contributed by atoms with Crippen LogP contribution in [-0.4, -0.2) is 41.8 Å². The van der Waals surface area contributed by atoms with Crippen molar-refractivity contribution < 1.29 is 9.53 Å². The minimum atomic E-state index is -0.432. The highest BCUT2D eigenvalue weighted by Crippen LogP contribution is 2.10. The normalized spacial score (nSPS) is 11.6. The lowest BCUT2D eigenvalue weighted by molar-refractivity contribution is -0.0332. The Morgan fingerprint density at radius 2 is 1.64 bits per heavy atom. The first kappa shape index (κ1) is 13.2. The molecule has 0 fully saturated rings. The molecule has 1 amide bonds. The first-order valence-corrected chi connectivity index (χ1v) is 5.03. The Kier molecular flexibility index (Phi) is 4.91. The maximum absolute atomic E-state index is 11.6. The van der Waals surface area contributed by atoms with Crippen LogP contribution in [0.2, 0.25) is 0 Å². The van der Waals surface area contributed by atoms with Gasteiger partial charge in [-0.2, -0.15) is 0 Å².